The smallest absolute Gasteiger partial charge is 0.237 e. The lowest BCUT2D eigenvalue weighted by molar-refractivity contribution is -0.116. The van der Waals surface area contributed by atoms with E-state index in [1.807, 2.05) is 13.8 Å². The van der Waals surface area contributed by atoms with Gasteiger partial charge in [0.25, 0.3) is 0 Å². The van der Waals surface area contributed by atoms with Crippen LogP contribution < -0.4 is 10.6 Å². The molecular weight excluding hydrogens is 332 g/mol. The second kappa shape index (κ2) is 8.07. The molecule has 1 heterocycles. The van der Waals surface area contributed by atoms with Crippen molar-refractivity contribution >= 4 is 46.3 Å². The van der Waals surface area contributed by atoms with Gasteiger partial charge in [-0.2, -0.15) is 0 Å². The molecule has 0 bridgehead atoms. The first-order valence-corrected chi connectivity index (χ1v) is 8.83. The van der Waals surface area contributed by atoms with Crippen molar-refractivity contribution in [3.63, 3.8) is 0 Å². The van der Waals surface area contributed by atoms with Gasteiger partial charge in [0.15, 0.2) is 4.34 Å². The van der Waals surface area contributed by atoms with Crippen molar-refractivity contribution in [1.29, 1.82) is 0 Å². The highest BCUT2D eigenvalue weighted by Gasteiger charge is 2.20. The Labute approximate surface area is 143 Å². The van der Waals surface area contributed by atoms with E-state index in [4.69, 9.17) is 0 Å². The molecule has 0 radical (unpaired) electrons. The molecule has 0 fully saturated rings. The number of thioether (sulfide) groups is 1. The summed E-state index contributed by atoms with van der Waals surface area (Å²) in [6.45, 7) is 5.30. The first-order chi connectivity index (χ1) is 11.0. The van der Waals surface area contributed by atoms with Crippen LogP contribution in [0, 0.1) is 6.92 Å². The van der Waals surface area contributed by atoms with E-state index in [0.29, 0.717) is 17.8 Å². The molecule has 8 heteroatoms. The largest absolute Gasteiger partial charge is 0.326 e. The van der Waals surface area contributed by atoms with Gasteiger partial charge in [-0.25, -0.2) is 0 Å². The Hall–Kier alpha value is -1.93. The van der Waals surface area contributed by atoms with Gasteiger partial charge >= 0.3 is 0 Å². The maximum Gasteiger partial charge on any atom is 0.237 e. The highest BCUT2D eigenvalue weighted by Crippen LogP contribution is 2.29. The van der Waals surface area contributed by atoms with Gasteiger partial charge < -0.3 is 10.6 Å². The lowest BCUT2D eigenvalue weighted by Gasteiger charge is -2.13. The molecule has 0 aliphatic heterocycles. The van der Waals surface area contributed by atoms with Crippen LogP contribution in [0.15, 0.2) is 28.6 Å². The van der Waals surface area contributed by atoms with Crippen molar-refractivity contribution in [3.05, 3.63) is 29.3 Å². The van der Waals surface area contributed by atoms with Crippen LogP contribution in [0.4, 0.5) is 11.4 Å². The molecule has 2 N–H and O–H groups in total. The maximum absolute atomic E-state index is 12.4. The van der Waals surface area contributed by atoms with Crippen LogP contribution in [0.1, 0.15) is 25.3 Å². The number of nitrogens with one attached hydrogen (secondary N) is 2. The van der Waals surface area contributed by atoms with Crippen LogP contribution in [0.3, 0.4) is 0 Å². The normalized spacial score (nSPS) is 11.8. The Balaban J connectivity index is 1.97. The zero-order valence-electron chi connectivity index (χ0n) is 13.1. The first kappa shape index (κ1) is 17.4. The molecule has 1 atom stereocenters. The lowest BCUT2D eigenvalue weighted by atomic mass is 10.2. The van der Waals surface area contributed by atoms with Crippen molar-refractivity contribution in [2.75, 3.05) is 10.6 Å². The predicted octanol–water partition coefficient (Wildman–Crippen LogP) is 3.31. The van der Waals surface area contributed by atoms with Crippen molar-refractivity contribution in [3.8, 4) is 0 Å². The molecule has 0 saturated carbocycles. The quantitative estimate of drug-likeness (QED) is 0.781. The molecule has 1 aromatic carbocycles. The number of carbonyl (C=O) groups is 2. The van der Waals surface area contributed by atoms with E-state index in [1.54, 1.807) is 24.3 Å². The van der Waals surface area contributed by atoms with Gasteiger partial charge in [0, 0.05) is 18.3 Å². The zero-order valence-corrected chi connectivity index (χ0v) is 14.8. The summed E-state index contributed by atoms with van der Waals surface area (Å²) in [4.78, 5) is 23.4. The van der Waals surface area contributed by atoms with Crippen LogP contribution in [-0.2, 0) is 9.59 Å². The Kier molecular flexibility index (Phi) is 6.12. The highest BCUT2D eigenvalue weighted by molar-refractivity contribution is 8.02. The Morgan fingerprint density at radius 3 is 2.26 bits per heavy atom. The van der Waals surface area contributed by atoms with Gasteiger partial charge in [0.2, 0.25) is 11.8 Å². The molecule has 0 aliphatic carbocycles. The van der Waals surface area contributed by atoms with Crippen molar-refractivity contribution < 1.29 is 9.59 Å². The number of anilines is 2. The Morgan fingerprint density at radius 1 is 1.17 bits per heavy atom. The Morgan fingerprint density at radius 2 is 1.78 bits per heavy atom. The topological polar surface area (TPSA) is 84.0 Å². The third-order valence-electron chi connectivity index (χ3n) is 2.89. The maximum atomic E-state index is 12.4. The van der Waals surface area contributed by atoms with Gasteiger partial charge in [-0.15, -0.1) is 10.2 Å². The zero-order chi connectivity index (χ0) is 16.8. The van der Waals surface area contributed by atoms with Gasteiger partial charge in [0.1, 0.15) is 5.01 Å². The summed E-state index contributed by atoms with van der Waals surface area (Å²) in [5.41, 5.74) is 1.39. The molecular formula is C15H18N4O2S2. The minimum Gasteiger partial charge on any atom is -0.326 e. The molecule has 23 heavy (non-hydrogen) atoms. The van der Waals surface area contributed by atoms with Crippen LogP contribution >= 0.6 is 23.1 Å². The van der Waals surface area contributed by atoms with Crippen LogP contribution in [0.2, 0.25) is 0 Å². The SMILES string of the molecule is CCC(Sc1nnc(C)s1)C(=O)Nc1ccc(NC(C)=O)cc1. The summed E-state index contributed by atoms with van der Waals surface area (Å²) < 4.78 is 0.797. The first-order valence-electron chi connectivity index (χ1n) is 7.13. The summed E-state index contributed by atoms with van der Waals surface area (Å²) in [5, 5.41) is 14.2. The number of aromatic nitrogens is 2. The fourth-order valence-corrected chi connectivity index (χ4v) is 3.82. The Bertz CT molecular complexity index is 685. The molecule has 6 nitrogen and oxygen atoms in total. The average molecular weight is 350 g/mol. The standard InChI is InChI=1S/C15H18N4O2S2/c1-4-13(23-15-19-18-10(3)22-15)14(21)17-12-7-5-11(6-8-12)16-9(2)20/h5-8,13H,4H2,1-3H3,(H,16,20)(H,17,21). The van der Waals surface area contributed by atoms with Crippen LogP contribution in [-0.4, -0.2) is 27.3 Å². The molecule has 1 aromatic heterocycles. The number of carbonyl (C=O) groups excluding carboxylic acids is 2. The summed E-state index contributed by atoms with van der Waals surface area (Å²) in [6.07, 6.45) is 0.694. The summed E-state index contributed by atoms with van der Waals surface area (Å²) in [7, 11) is 0. The fraction of sp³-hybridized carbons (Fsp3) is 0.333. The number of hydrogen-bond donors (Lipinski definition) is 2. The third kappa shape index (κ3) is 5.33. The van der Waals surface area contributed by atoms with Gasteiger partial charge in [-0.1, -0.05) is 30.0 Å². The molecule has 2 rings (SSSR count). The molecule has 2 aromatic rings. The van der Waals surface area contributed by atoms with E-state index in [1.165, 1.54) is 30.0 Å². The predicted molar refractivity (Wildman–Crippen MR) is 94.0 cm³/mol. The molecule has 1 unspecified atom stereocenters. The van der Waals surface area contributed by atoms with Crippen LogP contribution in [0.25, 0.3) is 0 Å². The molecule has 122 valence electrons. The highest BCUT2D eigenvalue weighted by atomic mass is 32.2. The number of benzene rings is 1. The van der Waals surface area contributed by atoms with E-state index in [9.17, 15) is 9.59 Å². The fourth-order valence-electron chi connectivity index (χ4n) is 1.83. The molecule has 0 spiro atoms. The summed E-state index contributed by atoms with van der Waals surface area (Å²) in [5.74, 6) is -0.200. The number of amides is 2. The number of hydrogen-bond acceptors (Lipinski definition) is 6. The van der Waals surface area contributed by atoms with Gasteiger partial charge in [-0.05, 0) is 37.6 Å². The second-order valence-corrected chi connectivity index (χ2v) is 7.48. The minimum absolute atomic E-state index is 0.0716. The van der Waals surface area contributed by atoms with Crippen LogP contribution in [0.5, 0.6) is 0 Å². The lowest BCUT2D eigenvalue weighted by Crippen LogP contribution is -2.24. The minimum atomic E-state index is -0.225. The molecule has 2 amide bonds. The van der Waals surface area contributed by atoms with Gasteiger partial charge in [0.05, 0.1) is 5.25 Å². The number of nitrogens with zero attached hydrogens (tertiary/aromatic N) is 2. The van der Waals surface area contributed by atoms with E-state index in [0.717, 1.165) is 9.35 Å². The van der Waals surface area contributed by atoms with E-state index in [2.05, 4.69) is 20.8 Å². The van der Waals surface area contributed by atoms with E-state index < -0.39 is 0 Å². The van der Waals surface area contributed by atoms with Crippen molar-refractivity contribution in [2.24, 2.45) is 0 Å². The molecule has 0 saturated heterocycles. The summed E-state index contributed by atoms with van der Waals surface area (Å²) in [6, 6.07) is 7.02. The molecule has 0 aliphatic rings. The average Bonchev–Trinajstić information content (AvgIpc) is 2.91. The number of rotatable bonds is 6. The number of aryl methyl sites for hydroxylation is 1. The van der Waals surface area contributed by atoms with E-state index in [-0.39, 0.29) is 17.1 Å². The second-order valence-electron chi connectivity index (χ2n) is 4.85. The van der Waals surface area contributed by atoms with Gasteiger partial charge in [-0.3, -0.25) is 9.59 Å². The van der Waals surface area contributed by atoms with Crippen molar-refractivity contribution in [1.82, 2.24) is 10.2 Å². The van der Waals surface area contributed by atoms with Crippen molar-refractivity contribution in [2.45, 2.75) is 36.8 Å². The van der Waals surface area contributed by atoms with E-state index >= 15 is 0 Å². The monoisotopic (exact) mass is 350 g/mol. The summed E-state index contributed by atoms with van der Waals surface area (Å²) >= 11 is 2.91. The third-order valence-corrected chi connectivity index (χ3v) is 5.17.